The maximum atomic E-state index is 12.7. The molecule has 24 heavy (non-hydrogen) atoms. The van der Waals surface area contributed by atoms with Crippen LogP contribution in [0.1, 0.15) is 40.9 Å². The minimum Gasteiger partial charge on any atom is -0.272 e. The quantitative estimate of drug-likeness (QED) is 0.795. The van der Waals surface area contributed by atoms with Crippen molar-refractivity contribution in [3.05, 3.63) is 63.9 Å². The number of carbonyl (C=O) groups excluding carboxylic acids is 2. The van der Waals surface area contributed by atoms with E-state index in [1.807, 2.05) is 31.2 Å². The van der Waals surface area contributed by atoms with Gasteiger partial charge in [0.15, 0.2) is 0 Å². The van der Waals surface area contributed by atoms with E-state index in [1.54, 1.807) is 12.1 Å². The number of aromatic nitrogens is 1. The molecule has 1 aromatic carbocycles. The number of hydrazine groups is 1. The molecule has 1 aliphatic rings. The van der Waals surface area contributed by atoms with Crippen LogP contribution in [0, 0.1) is 6.92 Å². The summed E-state index contributed by atoms with van der Waals surface area (Å²) in [5.41, 5.74) is 6.72. The van der Waals surface area contributed by atoms with Crippen LogP contribution < -0.4 is 10.9 Å². The number of pyridine rings is 1. The van der Waals surface area contributed by atoms with Gasteiger partial charge in [-0.1, -0.05) is 34.5 Å². The Bertz CT molecular complexity index is 753. The van der Waals surface area contributed by atoms with Gasteiger partial charge in [0.1, 0.15) is 0 Å². The third-order valence-corrected chi connectivity index (χ3v) is 5.03. The van der Waals surface area contributed by atoms with Crippen molar-refractivity contribution in [2.75, 3.05) is 0 Å². The van der Waals surface area contributed by atoms with Gasteiger partial charge in [-0.2, -0.15) is 0 Å². The Hall–Kier alpha value is -2.21. The number of nitrogens with one attached hydrogen (secondary N) is 2. The fourth-order valence-electron chi connectivity index (χ4n) is 2.85. The number of hydrogen-bond acceptors (Lipinski definition) is 3. The highest BCUT2D eigenvalue weighted by Gasteiger charge is 2.45. The average molecular weight is 388 g/mol. The van der Waals surface area contributed by atoms with Crippen molar-refractivity contribution in [3.8, 4) is 0 Å². The van der Waals surface area contributed by atoms with Gasteiger partial charge in [0, 0.05) is 16.4 Å². The minimum atomic E-state index is -0.556. The molecule has 2 aromatic rings. The molecule has 0 unspecified atom stereocenters. The molecule has 0 aliphatic heterocycles. The number of benzene rings is 1. The van der Waals surface area contributed by atoms with E-state index in [0.717, 1.165) is 35.0 Å². The lowest BCUT2D eigenvalue weighted by molar-refractivity contribution is -0.130. The molecule has 0 radical (unpaired) electrons. The van der Waals surface area contributed by atoms with Crippen molar-refractivity contribution in [2.24, 2.45) is 0 Å². The smallest absolute Gasteiger partial charge is 0.271 e. The Morgan fingerprint density at radius 2 is 1.79 bits per heavy atom. The largest absolute Gasteiger partial charge is 0.272 e. The minimum absolute atomic E-state index is 0.176. The van der Waals surface area contributed by atoms with Gasteiger partial charge in [-0.15, -0.1) is 0 Å². The van der Waals surface area contributed by atoms with Crippen molar-refractivity contribution in [1.29, 1.82) is 0 Å². The molecule has 1 aromatic heterocycles. The molecular weight excluding hydrogens is 370 g/mol. The second kappa shape index (κ2) is 6.73. The van der Waals surface area contributed by atoms with Crippen LogP contribution in [0.2, 0.25) is 0 Å². The normalized spacial score (nSPS) is 15.2. The van der Waals surface area contributed by atoms with Gasteiger partial charge in [0.05, 0.1) is 11.0 Å². The first-order valence-electron chi connectivity index (χ1n) is 7.81. The van der Waals surface area contributed by atoms with E-state index < -0.39 is 5.41 Å². The fraction of sp³-hybridized carbons (Fsp3) is 0.278. The molecule has 2 amide bonds. The fourth-order valence-corrected chi connectivity index (χ4v) is 3.12. The third-order valence-electron chi connectivity index (χ3n) is 4.50. The monoisotopic (exact) mass is 387 g/mol. The molecule has 3 rings (SSSR count). The summed E-state index contributed by atoms with van der Waals surface area (Å²) in [5.74, 6) is -0.550. The van der Waals surface area contributed by atoms with Gasteiger partial charge in [0.2, 0.25) is 5.91 Å². The predicted molar refractivity (Wildman–Crippen MR) is 94.3 cm³/mol. The molecule has 0 spiro atoms. The van der Waals surface area contributed by atoms with E-state index in [2.05, 4.69) is 31.8 Å². The lowest BCUT2D eigenvalue weighted by atomic mass is 9.64. The zero-order valence-electron chi connectivity index (χ0n) is 13.3. The van der Waals surface area contributed by atoms with Crippen molar-refractivity contribution in [1.82, 2.24) is 15.8 Å². The molecule has 1 fully saturated rings. The number of rotatable bonds is 3. The van der Waals surface area contributed by atoms with Gasteiger partial charge >= 0.3 is 0 Å². The first-order chi connectivity index (χ1) is 11.5. The molecule has 0 bridgehead atoms. The standard InChI is InChI=1S/C18H18BrN3O2/c1-12-3-4-13(11-20-12)16(23)21-22-17(24)18(9-2-10-18)14-5-7-15(19)8-6-14/h3-8,11H,2,9-10H2,1H3,(H,21,23)(H,22,24). The number of carbonyl (C=O) groups is 2. The lowest BCUT2D eigenvalue weighted by Crippen LogP contribution is -2.54. The van der Waals surface area contributed by atoms with Crippen LogP contribution in [-0.2, 0) is 10.2 Å². The van der Waals surface area contributed by atoms with Crippen LogP contribution in [0.15, 0.2) is 47.1 Å². The Balaban J connectivity index is 1.68. The maximum Gasteiger partial charge on any atom is 0.271 e. The van der Waals surface area contributed by atoms with Crippen LogP contribution in [0.4, 0.5) is 0 Å². The summed E-state index contributed by atoms with van der Waals surface area (Å²) in [4.78, 5) is 28.9. The number of amides is 2. The number of hydrogen-bond donors (Lipinski definition) is 2. The topological polar surface area (TPSA) is 71.1 Å². The van der Waals surface area contributed by atoms with Gasteiger partial charge in [-0.25, -0.2) is 0 Å². The van der Waals surface area contributed by atoms with Crippen molar-refractivity contribution in [3.63, 3.8) is 0 Å². The SMILES string of the molecule is Cc1ccc(C(=O)NNC(=O)C2(c3ccc(Br)cc3)CCC2)cn1. The predicted octanol–water partition coefficient (Wildman–Crippen LogP) is 3.04. The van der Waals surface area contributed by atoms with Crippen molar-refractivity contribution in [2.45, 2.75) is 31.6 Å². The van der Waals surface area contributed by atoms with Gasteiger partial charge < -0.3 is 0 Å². The summed E-state index contributed by atoms with van der Waals surface area (Å²) in [5, 5.41) is 0. The van der Waals surface area contributed by atoms with E-state index in [0.29, 0.717) is 5.56 Å². The number of nitrogens with zero attached hydrogens (tertiary/aromatic N) is 1. The second-order valence-electron chi connectivity index (χ2n) is 6.04. The summed E-state index contributed by atoms with van der Waals surface area (Å²) in [7, 11) is 0. The third kappa shape index (κ3) is 3.19. The molecule has 1 saturated carbocycles. The zero-order chi connectivity index (χ0) is 17.2. The van der Waals surface area contributed by atoms with Crippen LogP contribution in [0.5, 0.6) is 0 Å². The first kappa shape index (κ1) is 16.6. The molecule has 5 nitrogen and oxygen atoms in total. The highest BCUT2D eigenvalue weighted by Crippen LogP contribution is 2.44. The van der Waals surface area contributed by atoms with Crippen LogP contribution in [-0.4, -0.2) is 16.8 Å². The van der Waals surface area contributed by atoms with E-state index in [-0.39, 0.29) is 11.8 Å². The van der Waals surface area contributed by atoms with Crippen molar-refractivity contribution >= 4 is 27.7 Å². The summed E-state index contributed by atoms with van der Waals surface area (Å²) >= 11 is 3.41. The zero-order valence-corrected chi connectivity index (χ0v) is 14.9. The van der Waals surface area contributed by atoms with Gasteiger partial charge in [-0.05, 0) is 49.6 Å². The molecule has 0 saturated heterocycles. The summed E-state index contributed by atoms with van der Waals surface area (Å²) in [6.07, 6.45) is 4.05. The average Bonchev–Trinajstić information content (AvgIpc) is 2.54. The summed E-state index contributed by atoms with van der Waals surface area (Å²) in [6.45, 7) is 1.85. The first-order valence-corrected chi connectivity index (χ1v) is 8.60. The Morgan fingerprint density at radius 3 is 2.33 bits per heavy atom. The lowest BCUT2D eigenvalue weighted by Gasteiger charge is -2.40. The number of aryl methyl sites for hydroxylation is 1. The Kier molecular flexibility index (Phi) is 4.66. The molecule has 124 valence electrons. The van der Waals surface area contributed by atoms with Crippen LogP contribution >= 0.6 is 15.9 Å². The molecule has 1 heterocycles. The Morgan fingerprint density at radius 1 is 1.08 bits per heavy atom. The van der Waals surface area contributed by atoms with E-state index >= 15 is 0 Å². The summed E-state index contributed by atoms with van der Waals surface area (Å²) in [6, 6.07) is 11.2. The molecule has 2 N–H and O–H groups in total. The van der Waals surface area contributed by atoms with E-state index in [4.69, 9.17) is 0 Å². The van der Waals surface area contributed by atoms with E-state index in [1.165, 1.54) is 6.20 Å². The molecular formula is C18H18BrN3O2. The van der Waals surface area contributed by atoms with Gasteiger partial charge in [0.25, 0.3) is 5.91 Å². The number of halogens is 1. The van der Waals surface area contributed by atoms with Crippen LogP contribution in [0.25, 0.3) is 0 Å². The highest BCUT2D eigenvalue weighted by molar-refractivity contribution is 9.10. The molecule has 0 atom stereocenters. The second-order valence-corrected chi connectivity index (χ2v) is 6.95. The molecule has 1 aliphatic carbocycles. The summed E-state index contributed by atoms with van der Waals surface area (Å²) < 4.78 is 0.973. The Labute approximate surface area is 149 Å². The molecule has 6 heteroatoms. The van der Waals surface area contributed by atoms with Crippen LogP contribution in [0.3, 0.4) is 0 Å². The van der Waals surface area contributed by atoms with E-state index in [9.17, 15) is 9.59 Å². The van der Waals surface area contributed by atoms with Crippen molar-refractivity contribution < 1.29 is 9.59 Å². The van der Waals surface area contributed by atoms with Gasteiger partial charge in [-0.3, -0.25) is 25.4 Å². The highest BCUT2D eigenvalue weighted by atomic mass is 79.9. The maximum absolute atomic E-state index is 12.7.